The summed E-state index contributed by atoms with van der Waals surface area (Å²) in [5, 5.41) is 9.62. The number of thioether (sulfide) groups is 1. The summed E-state index contributed by atoms with van der Waals surface area (Å²) in [6.07, 6.45) is 1.76. The number of carboxylic acids is 1. The molecule has 0 aliphatic heterocycles. The Labute approximate surface area is 92.3 Å². The van der Waals surface area contributed by atoms with Gasteiger partial charge in [0.25, 0.3) is 0 Å². The van der Waals surface area contributed by atoms with E-state index < -0.39 is 10.7 Å². The molecule has 0 spiro atoms. The first-order valence-electron chi connectivity index (χ1n) is 4.06. The molecule has 14 heavy (non-hydrogen) atoms. The number of carboxylic acid groups (broad SMARTS) is 1. The number of rotatable bonds is 3. The van der Waals surface area contributed by atoms with Gasteiger partial charge in [0.2, 0.25) is 0 Å². The zero-order chi connectivity index (χ0) is 10.8. The van der Waals surface area contributed by atoms with Gasteiger partial charge >= 0.3 is 5.97 Å². The molecule has 1 aromatic rings. The smallest absolute Gasteiger partial charge is 0.324 e. The van der Waals surface area contributed by atoms with Crippen molar-refractivity contribution in [2.24, 2.45) is 0 Å². The molecular weight excluding hydrogens is 220 g/mol. The van der Waals surface area contributed by atoms with Gasteiger partial charge in [-0.25, -0.2) is 0 Å². The summed E-state index contributed by atoms with van der Waals surface area (Å²) < 4.78 is -0.974. The highest BCUT2D eigenvalue weighted by Crippen LogP contribution is 2.38. The fraction of sp³-hybridized carbons (Fsp3) is 0.300. The maximum atomic E-state index is 11.1. The quantitative estimate of drug-likeness (QED) is 0.868. The number of hydrogen-bond donors (Lipinski definition) is 1. The molecule has 0 saturated heterocycles. The third-order valence-corrected chi connectivity index (χ3v) is 3.74. The lowest BCUT2D eigenvalue weighted by atomic mass is 10.0. The molecule has 0 aromatic heterocycles. The van der Waals surface area contributed by atoms with E-state index in [4.69, 9.17) is 16.7 Å². The highest BCUT2D eigenvalue weighted by atomic mass is 35.5. The second-order valence-corrected chi connectivity index (χ2v) is 4.65. The molecular formula is C10H11ClO2S. The van der Waals surface area contributed by atoms with Crippen LogP contribution in [0.25, 0.3) is 0 Å². The van der Waals surface area contributed by atoms with Gasteiger partial charge in [0.15, 0.2) is 0 Å². The zero-order valence-corrected chi connectivity index (χ0v) is 9.52. The zero-order valence-electron chi connectivity index (χ0n) is 7.95. The third kappa shape index (κ3) is 1.88. The van der Waals surface area contributed by atoms with Gasteiger partial charge in [-0.1, -0.05) is 29.8 Å². The van der Waals surface area contributed by atoms with E-state index in [1.54, 1.807) is 37.4 Å². The number of carbonyl (C=O) groups is 1. The summed E-state index contributed by atoms with van der Waals surface area (Å²) in [4.78, 5) is 11.1. The minimum absolute atomic E-state index is 0.492. The molecule has 0 heterocycles. The van der Waals surface area contributed by atoms with E-state index >= 15 is 0 Å². The average molecular weight is 231 g/mol. The van der Waals surface area contributed by atoms with Crippen molar-refractivity contribution in [1.29, 1.82) is 0 Å². The molecule has 0 fully saturated rings. The van der Waals surface area contributed by atoms with Crippen LogP contribution in [0, 0.1) is 0 Å². The van der Waals surface area contributed by atoms with Crippen LogP contribution < -0.4 is 0 Å². The van der Waals surface area contributed by atoms with Gasteiger partial charge in [0.1, 0.15) is 4.75 Å². The van der Waals surface area contributed by atoms with Crippen molar-refractivity contribution < 1.29 is 9.90 Å². The van der Waals surface area contributed by atoms with Gasteiger partial charge < -0.3 is 5.11 Å². The minimum atomic E-state index is -0.974. The van der Waals surface area contributed by atoms with Crippen LogP contribution in [-0.4, -0.2) is 17.3 Å². The lowest BCUT2D eigenvalue weighted by molar-refractivity contribution is -0.139. The fourth-order valence-electron chi connectivity index (χ4n) is 1.16. The highest BCUT2D eigenvalue weighted by Gasteiger charge is 2.35. The molecule has 2 nitrogen and oxygen atoms in total. The normalized spacial score (nSPS) is 14.8. The minimum Gasteiger partial charge on any atom is -0.480 e. The summed E-state index contributed by atoms with van der Waals surface area (Å²) in [6.45, 7) is 1.65. The Morgan fingerprint density at radius 2 is 2.07 bits per heavy atom. The number of aliphatic carboxylic acids is 1. The maximum Gasteiger partial charge on any atom is 0.324 e. The molecule has 0 amide bonds. The summed E-state index contributed by atoms with van der Waals surface area (Å²) >= 11 is 7.22. The van der Waals surface area contributed by atoms with Crippen molar-refractivity contribution in [3.63, 3.8) is 0 Å². The van der Waals surface area contributed by atoms with Gasteiger partial charge in [-0.05, 0) is 24.8 Å². The summed E-state index contributed by atoms with van der Waals surface area (Å²) in [5.74, 6) is -0.877. The Hall–Kier alpha value is -0.670. The SMILES string of the molecule is CSC(C)(C(=O)O)c1ccccc1Cl. The third-order valence-electron chi connectivity index (χ3n) is 2.20. The first-order chi connectivity index (χ1) is 6.52. The Balaban J connectivity index is 3.26. The number of benzene rings is 1. The summed E-state index contributed by atoms with van der Waals surface area (Å²) in [5.41, 5.74) is 0.640. The molecule has 1 aromatic carbocycles. The van der Waals surface area contributed by atoms with E-state index in [9.17, 15) is 4.79 Å². The first kappa shape index (κ1) is 11.4. The van der Waals surface area contributed by atoms with Crippen LogP contribution in [0.4, 0.5) is 0 Å². The predicted octanol–water partition coefficient (Wildman–Crippen LogP) is 3.00. The Bertz CT molecular complexity index is 354. The van der Waals surface area contributed by atoms with Crippen LogP contribution in [0.1, 0.15) is 12.5 Å². The van der Waals surface area contributed by atoms with E-state index in [0.29, 0.717) is 10.6 Å². The van der Waals surface area contributed by atoms with E-state index in [2.05, 4.69) is 0 Å². The summed E-state index contributed by atoms with van der Waals surface area (Å²) in [6, 6.07) is 7.02. The van der Waals surface area contributed by atoms with Crippen LogP contribution in [0.3, 0.4) is 0 Å². The highest BCUT2D eigenvalue weighted by molar-refractivity contribution is 8.00. The van der Waals surface area contributed by atoms with E-state index in [0.717, 1.165) is 0 Å². The Morgan fingerprint density at radius 1 is 1.50 bits per heavy atom. The van der Waals surface area contributed by atoms with Crippen molar-refractivity contribution in [2.75, 3.05) is 6.26 Å². The van der Waals surface area contributed by atoms with Crippen LogP contribution in [0.15, 0.2) is 24.3 Å². The Morgan fingerprint density at radius 3 is 2.50 bits per heavy atom. The van der Waals surface area contributed by atoms with Gasteiger partial charge in [-0.15, -0.1) is 11.8 Å². The van der Waals surface area contributed by atoms with Crippen LogP contribution in [-0.2, 0) is 9.54 Å². The van der Waals surface area contributed by atoms with Gasteiger partial charge in [-0.3, -0.25) is 4.79 Å². The van der Waals surface area contributed by atoms with Crippen LogP contribution >= 0.6 is 23.4 Å². The number of hydrogen-bond acceptors (Lipinski definition) is 2. The second-order valence-electron chi connectivity index (χ2n) is 3.02. The second kappa shape index (κ2) is 4.24. The first-order valence-corrected chi connectivity index (χ1v) is 5.66. The molecule has 0 aliphatic carbocycles. The van der Waals surface area contributed by atoms with Crippen LogP contribution in [0.5, 0.6) is 0 Å². The molecule has 0 radical (unpaired) electrons. The predicted molar refractivity (Wildman–Crippen MR) is 60.0 cm³/mol. The Kier molecular flexibility index (Phi) is 3.45. The molecule has 1 rings (SSSR count). The van der Waals surface area contributed by atoms with Crippen molar-refractivity contribution in [1.82, 2.24) is 0 Å². The molecule has 4 heteroatoms. The van der Waals surface area contributed by atoms with E-state index in [1.165, 1.54) is 11.8 Å². The fourth-order valence-corrected chi connectivity index (χ4v) is 2.11. The standard InChI is InChI=1S/C10H11ClO2S/c1-10(14-2,9(12)13)7-5-3-4-6-8(7)11/h3-6H,1-2H3,(H,12,13). The van der Waals surface area contributed by atoms with Crippen molar-refractivity contribution in [3.05, 3.63) is 34.9 Å². The molecule has 0 bridgehead atoms. The topological polar surface area (TPSA) is 37.3 Å². The summed E-state index contributed by atoms with van der Waals surface area (Å²) in [7, 11) is 0. The van der Waals surface area contributed by atoms with Crippen molar-refractivity contribution in [2.45, 2.75) is 11.7 Å². The van der Waals surface area contributed by atoms with E-state index in [1.807, 2.05) is 0 Å². The molecule has 1 atom stereocenters. The monoisotopic (exact) mass is 230 g/mol. The van der Waals surface area contributed by atoms with Gasteiger partial charge in [0, 0.05) is 5.02 Å². The largest absolute Gasteiger partial charge is 0.480 e. The van der Waals surface area contributed by atoms with Crippen molar-refractivity contribution >= 4 is 29.3 Å². The molecule has 1 N–H and O–H groups in total. The van der Waals surface area contributed by atoms with Crippen molar-refractivity contribution in [3.8, 4) is 0 Å². The lowest BCUT2D eigenvalue weighted by Crippen LogP contribution is -2.28. The average Bonchev–Trinajstić information content (AvgIpc) is 2.17. The molecule has 0 saturated carbocycles. The number of halogens is 1. The van der Waals surface area contributed by atoms with E-state index in [-0.39, 0.29) is 0 Å². The molecule has 0 aliphatic rings. The maximum absolute atomic E-state index is 11.1. The lowest BCUT2D eigenvalue weighted by Gasteiger charge is -2.23. The van der Waals surface area contributed by atoms with Gasteiger partial charge in [0.05, 0.1) is 0 Å². The van der Waals surface area contributed by atoms with Gasteiger partial charge in [-0.2, -0.15) is 0 Å². The molecule has 1 unspecified atom stereocenters. The molecule has 76 valence electrons. The van der Waals surface area contributed by atoms with Crippen LogP contribution in [0.2, 0.25) is 5.02 Å².